The fraction of sp³-hybridized carbons (Fsp3) is 0.140. The maximum atomic E-state index is 16.6. The molecule has 0 saturated heterocycles. The minimum Gasteiger partial charge on any atom is -0.289 e. The van der Waals surface area contributed by atoms with Crippen molar-refractivity contribution >= 4 is 11.6 Å². The summed E-state index contributed by atoms with van der Waals surface area (Å²) in [6.45, 7) is 24.6. The summed E-state index contributed by atoms with van der Waals surface area (Å²) in [5.41, 5.74) is 38.8. The average Bonchev–Trinajstić information content (AvgIpc) is 0.768. The van der Waals surface area contributed by atoms with Crippen molar-refractivity contribution in [3.05, 3.63) is 430 Å². The summed E-state index contributed by atoms with van der Waals surface area (Å²) in [6, 6.07) is 128. The molecule has 2 heteroatoms. The Labute approximate surface area is 686 Å². The molecular weight excluding hydrogens is 1400 g/mol. The molecule has 0 unspecified atom stereocenters. The van der Waals surface area contributed by atoms with Gasteiger partial charge < -0.3 is 0 Å². The van der Waals surface area contributed by atoms with Crippen LogP contribution >= 0.6 is 0 Å². The van der Waals surface area contributed by atoms with E-state index < -0.39 is 0 Å². The van der Waals surface area contributed by atoms with E-state index in [0.29, 0.717) is 28.7 Å². The van der Waals surface area contributed by atoms with Gasteiger partial charge in [0.1, 0.15) is 0 Å². The molecule has 0 radical (unpaired) electrons. The molecule has 0 aliphatic carbocycles. The van der Waals surface area contributed by atoms with E-state index in [4.69, 9.17) is 0 Å². The summed E-state index contributed by atoms with van der Waals surface area (Å²) in [7, 11) is 0. The highest BCUT2D eigenvalue weighted by Crippen LogP contribution is 2.46. The summed E-state index contributed by atoms with van der Waals surface area (Å²) in [5.74, 6) is 0.841. The molecule has 0 fully saturated rings. The van der Waals surface area contributed by atoms with E-state index in [0.717, 1.165) is 134 Å². The Morgan fingerprint density at radius 1 is 0.198 bits per heavy atom. The molecule has 0 aliphatic rings. The quantitative estimate of drug-likeness (QED) is 0.0634. The van der Waals surface area contributed by atoms with Gasteiger partial charge in [0.2, 0.25) is 0 Å². The number of hydrogen-bond donors (Lipinski definition) is 0. The van der Waals surface area contributed by atoms with Crippen LogP contribution in [-0.4, -0.2) is 11.6 Å². The van der Waals surface area contributed by atoms with Gasteiger partial charge in [-0.1, -0.05) is 341 Å². The SMILES string of the molecule is Cc1ccccc1-c1ccccc1-c1cc(C(=O)c2cc(-c3ccccc3-c3ccccc3C)cc(-c3ccccc3-c3ccccc3Cc3ccc(-c4cc(C(=O)c5cc(-c6ccccc6C(C)C)cc(-c6ccccc6C(C)C)c5)cc(-c5ccccc5C(C)C)c4)c(C(C)C)c3)c2)cc(-c2ccccc2-c2ccccc2C)c1. The van der Waals surface area contributed by atoms with Crippen molar-refractivity contribution in [2.75, 3.05) is 0 Å². The van der Waals surface area contributed by atoms with Gasteiger partial charge in [-0.15, -0.1) is 0 Å². The van der Waals surface area contributed by atoms with Crippen LogP contribution in [0.15, 0.2) is 358 Å². The smallest absolute Gasteiger partial charge is 0.193 e. The van der Waals surface area contributed by atoms with Crippen molar-refractivity contribution in [2.24, 2.45) is 0 Å². The second-order valence-corrected chi connectivity index (χ2v) is 32.6. The first-order valence-corrected chi connectivity index (χ1v) is 41.2. The zero-order chi connectivity index (χ0) is 80.3. The Morgan fingerprint density at radius 2 is 0.414 bits per heavy atom. The maximum absolute atomic E-state index is 16.6. The monoisotopic (exact) mass is 1500 g/mol. The van der Waals surface area contributed by atoms with Crippen LogP contribution in [0.4, 0.5) is 0 Å². The Balaban J connectivity index is 0.819. The number of rotatable bonds is 22. The highest BCUT2D eigenvalue weighted by molar-refractivity contribution is 6.14. The average molecular weight is 1500 g/mol. The molecule has 0 spiro atoms. The summed E-state index contributed by atoms with van der Waals surface area (Å²) < 4.78 is 0. The molecule has 0 N–H and O–H groups in total. The van der Waals surface area contributed by atoms with Gasteiger partial charge in [0.05, 0.1) is 0 Å². The summed E-state index contributed by atoms with van der Waals surface area (Å²) in [4.78, 5) is 32.6. The van der Waals surface area contributed by atoms with Crippen molar-refractivity contribution in [1.82, 2.24) is 0 Å². The van der Waals surface area contributed by atoms with Gasteiger partial charge in [-0.3, -0.25) is 9.59 Å². The van der Waals surface area contributed by atoms with Crippen molar-refractivity contribution in [3.63, 3.8) is 0 Å². The molecule has 16 rings (SSSR count). The number of benzene rings is 16. The van der Waals surface area contributed by atoms with Crippen LogP contribution in [0.25, 0.3) is 134 Å². The highest BCUT2D eigenvalue weighted by Gasteiger charge is 2.26. The third kappa shape index (κ3) is 15.7. The highest BCUT2D eigenvalue weighted by atomic mass is 16.1. The third-order valence-electron chi connectivity index (χ3n) is 23.5. The van der Waals surface area contributed by atoms with Gasteiger partial charge in [0.25, 0.3) is 0 Å². The predicted octanol–water partition coefficient (Wildman–Crippen LogP) is 31.2. The molecular formula is C114H98O2. The molecule has 0 amide bonds. The van der Waals surface area contributed by atoms with Crippen molar-refractivity contribution in [2.45, 2.75) is 106 Å². The Morgan fingerprint density at radius 3 is 0.698 bits per heavy atom. The van der Waals surface area contributed by atoms with E-state index in [1.54, 1.807) is 0 Å². The summed E-state index contributed by atoms with van der Waals surface area (Å²) in [5, 5.41) is 0. The van der Waals surface area contributed by atoms with E-state index in [1.807, 2.05) is 0 Å². The minimum atomic E-state index is -0.0741. The van der Waals surface area contributed by atoms with Gasteiger partial charge in [-0.05, 0) is 307 Å². The number of ketones is 2. The minimum absolute atomic E-state index is 0.0183. The first-order valence-electron chi connectivity index (χ1n) is 41.2. The number of carbonyl (C=O) groups excluding carboxylic acids is 2. The standard InChI is InChI=1S/C114H98O2/c1-72(2)93-38-20-23-45-100(93)81-60-82(101-46-24-21-39-94(101)73(3)4)65-89(64-81)113(115)90-66-83(102-47-25-22-40-95(102)74(5)6)61-88(71-90)107-57-56-79(59-112(107)75(7)8)58-80-37-15-19-44-99(80)111-55-33-29-51-106(111)87-63-86(105-50-28-32-54-110(105)98-43-18-14-36-78(98)11)69-92(70-87)114(116)91-67-84(103-48-26-30-52-108(103)96-41-16-12-34-76(96)9)62-85(68-91)104-49-27-31-53-109(104)97-42-17-13-35-77(97)10/h12-57,59-75H,58H2,1-11H3. The molecule has 0 bridgehead atoms. The zero-order valence-corrected chi connectivity index (χ0v) is 68.4. The van der Waals surface area contributed by atoms with Crippen LogP contribution < -0.4 is 0 Å². The van der Waals surface area contributed by atoms with Crippen LogP contribution in [0, 0.1) is 20.8 Å². The largest absolute Gasteiger partial charge is 0.289 e. The lowest BCUT2D eigenvalue weighted by Crippen LogP contribution is -2.05. The van der Waals surface area contributed by atoms with Gasteiger partial charge >= 0.3 is 0 Å². The van der Waals surface area contributed by atoms with E-state index in [9.17, 15) is 0 Å². The predicted molar refractivity (Wildman–Crippen MR) is 491 cm³/mol. The molecule has 566 valence electrons. The van der Waals surface area contributed by atoms with Gasteiger partial charge in [0, 0.05) is 22.3 Å². The van der Waals surface area contributed by atoms with Crippen LogP contribution in [0.2, 0.25) is 0 Å². The Hall–Kier alpha value is -13.1. The Bertz CT molecular complexity index is 6230. The first kappa shape index (κ1) is 76.8. The fourth-order valence-corrected chi connectivity index (χ4v) is 17.5. The fourth-order valence-electron chi connectivity index (χ4n) is 17.5. The Kier molecular flexibility index (Phi) is 22.2. The molecule has 16 aromatic carbocycles. The molecule has 0 aliphatic heterocycles. The second-order valence-electron chi connectivity index (χ2n) is 32.6. The van der Waals surface area contributed by atoms with Crippen molar-refractivity contribution in [1.29, 1.82) is 0 Å². The molecule has 116 heavy (non-hydrogen) atoms. The van der Waals surface area contributed by atoms with E-state index in [1.165, 1.54) is 50.1 Å². The van der Waals surface area contributed by atoms with E-state index in [-0.39, 0.29) is 35.2 Å². The first-order chi connectivity index (χ1) is 56.4. The number of carbonyl (C=O) groups is 2. The normalized spacial score (nSPS) is 11.5. The lowest BCUT2D eigenvalue weighted by molar-refractivity contribution is 0.103. The van der Waals surface area contributed by atoms with Gasteiger partial charge in [0.15, 0.2) is 11.6 Å². The third-order valence-corrected chi connectivity index (χ3v) is 23.5. The van der Waals surface area contributed by atoms with Crippen LogP contribution in [0.5, 0.6) is 0 Å². The van der Waals surface area contributed by atoms with Crippen LogP contribution in [0.3, 0.4) is 0 Å². The molecule has 0 saturated carbocycles. The molecule has 0 aromatic heterocycles. The number of aryl methyl sites for hydroxylation is 3. The zero-order valence-electron chi connectivity index (χ0n) is 68.4. The molecule has 0 heterocycles. The lowest BCUT2D eigenvalue weighted by atomic mass is 9.83. The van der Waals surface area contributed by atoms with E-state index >= 15 is 9.59 Å². The van der Waals surface area contributed by atoms with Crippen molar-refractivity contribution in [3.8, 4) is 134 Å². The van der Waals surface area contributed by atoms with Gasteiger partial charge in [-0.25, -0.2) is 0 Å². The summed E-state index contributed by atoms with van der Waals surface area (Å²) in [6.07, 6.45) is 0.654. The number of hydrogen-bond acceptors (Lipinski definition) is 2. The van der Waals surface area contributed by atoms with Crippen LogP contribution in [0.1, 0.15) is 161 Å². The lowest BCUT2D eigenvalue weighted by Gasteiger charge is -2.20. The maximum Gasteiger partial charge on any atom is 0.193 e. The summed E-state index contributed by atoms with van der Waals surface area (Å²) >= 11 is 0. The molecule has 2 nitrogen and oxygen atoms in total. The second kappa shape index (κ2) is 33.5. The topological polar surface area (TPSA) is 34.1 Å². The van der Waals surface area contributed by atoms with Crippen molar-refractivity contribution < 1.29 is 9.59 Å². The molecule has 0 atom stereocenters. The van der Waals surface area contributed by atoms with Gasteiger partial charge in [-0.2, -0.15) is 0 Å². The van der Waals surface area contributed by atoms with E-state index in [2.05, 4.69) is 434 Å². The molecule has 16 aromatic rings. The van der Waals surface area contributed by atoms with Crippen LogP contribution in [-0.2, 0) is 6.42 Å².